The fraction of sp³-hybridized carbons (Fsp3) is 0.167. The molecule has 1 fully saturated rings. The Morgan fingerprint density at radius 2 is 1.70 bits per heavy atom. The quantitative estimate of drug-likeness (QED) is 0.164. The minimum absolute atomic E-state index is 0.0465. The summed E-state index contributed by atoms with van der Waals surface area (Å²) in [5, 5.41) is 25.6. The number of nitrogens with one attached hydrogen (secondary N) is 4. The smallest absolute Gasteiger partial charge is 0.264 e. The molecule has 7 rings (SSSR count). The molecule has 0 radical (unpaired) electrons. The third kappa shape index (κ3) is 6.82. The second kappa shape index (κ2) is 12.5. The van der Waals surface area contributed by atoms with Gasteiger partial charge in [-0.05, 0) is 53.8 Å². The van der Waals surface area contributed by atoms with Gasteiger partial charge in [-0.1, -0.05) is 12.1 Å². The van der Waals surface area contributed by atoms with Crippen LogP contribution in [-0.4, -0.2) is 68.5 Å². The van der Waals surface area contributed by atoms with Gasteiger partial charge in [-0.25, -0.2) is 8.78 Å². The molecule has 5 heterocycles. The van der Waals surface area contributed by atoms with E-state index in [1.807, 2.05) is 18.3 Å². The Bertz CT molecular complexity index is 2040. The van der Waals surface area contributed by atoms with Crippen LogP contribution in [-0.2, 0) is 16.1 Å². The predicted molar refractivity (Wildman–Crippen MR) is 161 cm³/mol. The van der Waals surface area contributed by atoms with Crippen molar-refractivity contribution in [2.45, 2.75) is 18.9 Å². The van der Waals surface area contributed by atoms with Gasteiger partial charge >= 0.3 is 0 Å². The summed E-state index contributed by atoms with van der Waals surface area (Å²) >= 11 is 0. The molecule has 2 atom stereocenters. The normalized spacial score (nSPS) is 15.3. The molecule has 15 nitrogen and oxygen atoms in total. The zero-order valence-electron chi connectivity index (χ0n) is 24.3. The first-order valence-corrected chi connectivity index (χ1v) is 14.3. The minimum Gasteiger partial charge on any atom is -0.481 e. The molecule has 2 amide bonds. The van der Waals surface area contributed by atoms with E-state index in [4.69, 9.17) is 4.74 Å². The van der Waals surface area contributed by atoms with Gasteiger partial charge in [0.1, 0.15) is 17.2 Å². The Morgan fingerprint density at radius 3 is 2.43 bits per heavy atom. The van der Waals surface area contributed by atoms with E-state index in [1.165, 1.54) is 0 Å². The Kier molecular flexibility index (Phi) is 7.83. The number of rotatable bonds is 11. The van der Waals surface area contributed by atoms with Crippen LogP contribution in [0.2, 0.25) is 0 Å². The minimum atomic E-state index is -0.917. The maximum absolute atomic E-state index is 13.7. The van der Waals surface area contributed by atoms with Crippen LogP contribution in [0.1, 0.15) is 23.5 Å². The maximum Gasteiger partial charge on any atom is 0.264 e. The number of benzene rings is 1. The van der Waals surface area contributed by atoms with Crippen LogP contribution in [0, 0.1) is 17.6 Å². The zero-order chi connectivity index (χ0) is 32.3. The topological polar surface area (TPSA) is 194 Å². The lowest BCUT2D eigenvalue weighted by atomic mass is 10.2. The molecule has 1 saturated carbocycles. The molecule has 1 aliphatic carbocycles. The molecule has 0 bridgehead atoms. The zero-order valence-corrected chi connectivity index (χ0v) is 24.3. The van der Waals surface area contributed by atoms with E-state index in [-0.39, 0.29) is 35.4 Å². The van der Waals surface area contributed by atoms with Crippen molar-refractivity contribution in [3.05, 3.63) is 96.1 Å². The number of amides is 2. The third-order valence-electron chi connectivity index (χ3n) is 7.25. The molecule has 4 N–H and O–H groups in total. The summed E-state index contributed by atoms with van der Waals surface area (Å²) < 4.78 is 33.6. The SMILES string of the molecule is O=C(COc1ccc(F)cc1F)Nc1nnc(-c2ccc(Cn3cc(C4CC4C(=O)Nc4nnc(-c5ccccn5)[nH]4)cn3)cn2)[nH]1. The number of H-pyrrole nitrogens is 2. The first-order chi connectivity index (χ1) is 22.9. The predicted octanol–water partition coefficient (Wildman–Crippen LogP) is 3.33. The summed E-state index contributed by atoms with van der Waals surface area (Å²) in [7, 11) is 0. The highest BCUT2D eigenvalue weighted by atomic mass is 19.1. The fourth-order valence-corrected chi connectivity index (χ4v) is 4.84. The van der Waals surface area contributed by atoms with Crippen LogP contribution in [0.25, 0.3) is 23.0 Å². The van der Waals surface area contributed by atoms with Gasteiger partial charge in [-0.2, -0.15) is 5.10 Å². The van der Waals surface area contributed by atoms with Gasteiger partial charge in [-0.15, -0.1) is 20.4 Å². The average molecular weight is 639 g/mol. The number of carbonyl (C=O) groups excluding carboxylic acids is 2. The monoisotopic (exact) mass is 638 g/mol. The molecule has 1 aliphatic rings. The van der Waals surface area contributed by atoms with Gasteiger partial charge < -0.3 is 14.7 Å². The highest BCUT2D eigenvalue weighted by Crippen LogP contribution is 2.47. The van der Waals surface area contributed by atoms with Crippen LogP contribution in [0.4, 0.5) is 20.7 Å². The molecular formula is C30H24F2N12O3. The van der Waals surface area contributed by atoms with Crippen molar-refractivity contribution in [1.29, 1.82) is 0 Å². The molecule has 2 unspecified atom stereocenters. The van der Waals surface area contributed by atoms with Crippen LogP contribution >= 0.6 is 0 Å². The lowest BCUT2D eigenvalue weighted by Gasteiger charge is -2.06. The van der Waals surface area contributed by atoms with Crippen LogP contribution in [0.3, 0.4) is 0 Å². The summed E-state index contributed by atoms with van der Waals surface area (Å²) in [5.74, 6) is -1.73. The van der Waals surface area contributed by atoms with Crippen molar-refractivity contribution in [3.8, 4) is 28.8 Å². The number of halogens is 2. The number of nitrogens with zero attached hydrogens (tertiary/aromatic N) is 8. The van der Waals surface area contributed by atoms with E-state index in [0.717, 1.165) is 23.3 Å². The summed E-state index contributed by atoms with van der Waals surface area (Å²) in [6.07, 6.45) is 7.71. The van der Waals surface area contributed by atoms with E-state index >= 15 is 0 Å². The number of aromatic nitrogens is 10. The van der Waals surface area contributed by atoms with Crippen molar-refractivity contribution in [3.63, 3.8) is 0 Å². The highest BCUT2D eigenvalue weighted by Gasteiger charge is 2.45. The van der Waals surface area contributed by atoms with Gasteiger partial charge in [0.15, 0.2) is 29.8 Å². The Morgan fingerprint density at radius 1 is 0.915 bits per heavy atom. The molecule has 5 aromatic heterocycles. The van der Waals surface area contributed by atoms with Crippen LogP contribution < -0.4 is 15.4 Å². The van der Waals surface area contributed by atoms with E-state index in [2.05, 4.69) is 56.1 Å². The molecule has 6 aromatic rings. The Balaban J connectivity index is 0.890. The van der Waals surface area contributed by atoms with Crippen molar-refractivity contribution in [2.24, 2.45) is 5.92 Å². The number of hydrogen-bond acceptors (Lipinski definition) is 10. The second-order valence-electron chi connectivity index (χ2n) is 10.6. The number of pyridine rings is 2. The summed E-state index contributed by atoms with van der Waals surface area (Å²) in [5.41, 5.74) is 2.95. The number of hydrogen-bond donors (Lipinski definition) is 4. The Hall–Kier alpha value is -6.39. The standard InChI is InChI=1S/C30H24F2N12O3/c31-18-5-7-24(21(32)9-18)47-15-25(45)36-29-37-27(41-42-29)23-6-4-16(11-34-23)13-44-14-17(12-35-44)19-10-20(19)28(46)39-30-38-26(40-43-30)22-3-1-2-8-33-22/h1-9,11-12,14,19-20H,10,13,15H2,(H2,36,37,41,42,45)(H2,38,39,40,43,46). The lowest BCUT2D eigenvalue weighted by Crippen LogP contribution is -2.21. The molecule has 0 spiro atoms. The van der Waals surface area contributed by atoms with Gasteiger partial charge in [-0.3, -0.25) is 34.9 Å². The molecule has 47 heavy (non-hydrogen) atoms. The third-order valence-corrected chi connectivity index (χ3v) is 7.25. The molecular weight excluding hydrogens is 614 g/mol. The van der Waals surface area contributed by atoms with Gasteiger partial charge in [0.25, 0.3) is 5.91 Å². The second-order valence-corrected chi connectivity index (χ2v) is 10.6. The van der Waals surface area contributed by atoms with Crippen molar-refractivity contribution < 1.29 is 23.1 Å². The van der Waals surface area contributed by atoms with E-state index in [0.29, 0.717) is 42.1 Å². The van der Waals surface area contributed by atoms with E-state index in [9.17, 15) is 18.4 Å². The number of anilines is 2. The van der Waals surface area contributed by atoms with E-state index < -0.39 is 24.1 Å². The lowest BCUT2D eigenvalue weighted by molar-refractivity contribution is -0.118. The summed E-state index contributed by atoms with van der Waals surface area (Å²) in [4.78, 5) is 39.4. The summed E-state index contributed by atoms with van der Waals surface area (Å²) in [6, 6.07) is 11.8. The molecule has 17 heteroatoms. The van der Waals surface area contributed by atoms with Crippen molar-refractivity contribution in [2.75, 3.05) is 17.2 Å². The molecule has 236 valence electrons. The van der Waals surface area contributed by atoms with Gasteiger partial charge in [0, 0.05) is 30.6 Å². The number of carbonyl (C=O) groups is 2. The largest absolute Gasteiger partial charge is 0.481 e. The Labute approximate surface area is 263 Å². The first kappa shape index (κ1) is 29.3. The van der Waals surface area contributed by atoms with Crippen LogP contribution in [0.5, 0.6) is 5.75 Å². The van der Waals surface area contributed by atoms with Crippen LogP contribution in [0.15, 0.2) is 73.3 Å². The van der Waals surface area contributed by atoms with E-state index in [1.54, 1.807) is 41.5 Å². The summed E-state index contributed by atoms with van der Waals surface area (Å²) in [6.45, 7) is -0.0659. The van der Waals surface area contributed by atoms with Gasteiger partial charge in [0.05, 0.1) is 12.7 Å². The highest BCUT2D eigenvalue weighted by molar-refractivity contribution is 5.94. The number of ether oxygens (including phenoxy) is 1. The molecule has 1 aromatic carbocycles. The average Bonchev–Trinajstić information content (AvgIpc) is 3.36. The molecule has 0 aliphatic heterocycles. The van der Waals surface area contributed by atoms with Crippen molar-refractivity contribution in [1.82, 2.24) is 50.1 Å². The molecule has 0 saturated heterocycles. The van der Waals surface area contributed by atoms with Gasteiger partial charge in [0.2, 0.25) is 17.8 Å². The first-order valence-electron chi connectivity index (χ1n) is 14.3. The number of aromatic amines is 2. The maximum atomic E-state index is 13.7. The fourth-order valence-electron chi connectivity index (χ4n) is 4.84. The van der Waals surface area contributed by atoms with Crippen molar-refractivity contribution >= 4 is 23.7 Å².